The first-order chi connectivity index (χ1) is 3.66. The first-order valence-corrected chi connectivity index (χ1v) is 1.72. The molecule has 0 aliphatic heterocycles. The molecule has 5 N–H and O–H groups in total. The number of carbonyl (C=O) groups is 2. The van der Waals surface area contributed by atoms with Gasteiger partial charge >= 0.3 is 6.03 Å². The van der Waals surface area contributed by atoms with E-state index in [1.54, 1.807) is 5.43 Å². The molecular weight excluding hydrogens is 112 g/mol. The smallest absolute Gasteiger partial charge is 0.332 e. The molecule has 0 aromatic rings. The molecular formula is C2H6N4O2. The number of hydrazine groups is 2. The third-order valence-corrected chi connectivity index (χ3v) is 0.353. The van der Waals surface area contributed by atoms with Crippen LogP contribution in [0.2, 0.25) is 0 Å². The van der Waals surface area contributed by atoms with E-state index in [1.807, 2.05) is 0 Å². The Balaban J connectivity index is 3.38. The molecule has 0 aliphatic rings. The van der Waals surface area contributed by atoms with Crippen molar-refractivity contribution in [2.45, 2.75) is 0 Å². The van der Waals surface area contributed by atoms with Crippen molar-refractivity contribution in [3.8, 4) is 0 Å². The van der Waals surface area contributed by atoms with Crippen LogP contribution in [-0.4, -0.2) is 17.6 Å². The fourth-order valence-electron chi connectivity index (χ4n) is 0.154. The molecule has 6 heteroatoms. The minimum Gasteiger partial charge on any atom is -0.350 e. The summed E-state index contributed by atoms with van der Waals surface area (Å²) in [6.07, 6.45) is 0.213. The van der Waals surface area contributed by atoms with Crippen molar-refractivity contribution in [2.75, 3.05) is 0 Å². The highest BCUT2D eigenvalue weighted by atomic mass is 16.2. The summed E-state index contributed by atoms with van der Waals surface area (Å²) in [7, 11) is 0. The molecule has 0 radical (unpaired) electrons. The average Bonchev–Trinajstić information content (AvgIpc) is 1.65. The van der Waals surface area contributed by atoms with Crippen LogP contribution in [0.15, 0.2) is 0 Å². The van der Waals surface area contributed by atoms with Gasteiger partial charge in [0.25, 0.3) is 0 Å². The number of nitrogens with zero attached hydrogens (tertiary/aromatic N) is 1. The number of nitrogens with two attached hydrogens (primary N) is 2. The van der Waals surface area contributed by atoms with E-state index >= 15 is 0 Å². The molecule has 46 valence electrons. The van der Waals surface area contributed by atoms with Gasteiger partial charge in [0.15, 0.2) is 0 Å². The van der Waals surface area contributed by atoms with E-state index in [2.05, 4.69) is 5.73 Å². The summed E-state index contributed by atoms with van der Waals surface area (Å²) in [4.78, 5) is 19.4. The summed E-state index contributed by atoms with van der Waals surface area (Å²) in [5, 5.41) is 0.419. The lowest BCUT2D eigenvalue weighted by molar-refractivity contribution is -0.120. The standard InChI is InChI=1S/C2H6N4O2/c3-2(8)5-6(4)1-7/h1H,4H2,(H3,3,5,8). The van der Waals surface area contributed by atoms with E-state index in [-0.39, 0.29) is 6.41 Å². The van der Waals surface area contributed by atoms with Crippen molar-refractivity contribution in [3.05, 3.63) is 0 Å². The molecule has 0 aromatic heterocycles. The van der Waals surface area contributed by atoms with Crippen molar-refractivity contribution in [1.82, 2.24) is 10.5 Å². The Morgan fingerprint density at radius 1 is 1.75 bits per heavy atom. The zero-order valence-electron chi connectivity index (χ0n) is 4.00. The van der Waals surface area contributed by atoms with E-state index in [9.17, 15) is 9.59 Å². The number of primary amides is 1. The summed E-state index contributed by atoms with van der Waals surface area (Å²) in [5.74, 6) is 4.73. The van der Waals surface area contributed by atoms with Crippen molar-refractivity contribution >= 4 is 12.4 Å². The van der Waals surface area contributed by atoms with Gasteiger partial charge in [0.05, 0.1) is 0 Å². The van der Waals surface area contributed by atoms with Gasteiger partial charge in [-0.3, -0.25) is 4.79 Å². The Hall–Kier alpha value is -1.30. The number of nitrogens with one attached hydrogen (secondary N) is 1. The molecule has 0 spiro atoms. The highest BCUT2D eigenvalue weighted by molar-refractivity contribution is 5.72. The summed E-state index contributed by atoms with van der Waals surface area (Å²) in [6, 6.07) is -0.875. The summed E-state index contributed by atoms with van der Waals surface area (Å²) in [5.41, 5.74) is 6.31. The molecule has 0 fully saturated rings. The second-order valence-corrected chi connectivity index (χ2v) is 0.989. The van der Waals surface area contributed by atoms with E-state index < -0.39 is 6.03 Å². The Morgan fingerprint density at radius 3 is 2.38 bits per heavy atom. The van der Waals surface area contributed by atoms with Crippen LogP contribution in [0, 0.1) is 0 Å². The van der Waals surface area contributed by atoms with Crippen molar-refractivity contribution in [2.24, 2.45) is 11.6 Å². The second kappa shape index (κ2) is 2.80. The quantitative estimate of drug-likeness (QED) is 0.167. The molecule has 0 saturated carbocycles. The topological polar surface area (TPSA) is 101 Å². The molecule has 0 heterocycles. The van der Waals surface area contributed by atoms with Gasteiger partial charge in [-0.15, -0.1) is 0 Å². The second-order valence-electron chi connectivity index (χ2n) is 0.989. The Labute approximate surface area is 45.4 Å². The van der Waals surface area contributed by atoms with Crippen molar-refractivity contribution in [3.63, 3.8) is 0 Å². The van der Waals surface area contributed by atoms with Gasteiger partial charge in [0.1, 0.15) is 0 Å². The number of rotatable bonds is 2. The first-order valence-electron chi connectivity index (χ1n) is 1.72. The van der Waals surface area contributed by atoms with Gasteiger partial charge in [-0.25, -0.2) is 16.1 Å². The number of carbonyl (C=O) groups excluding carboxylic acids is 2. The molecule has 0 bridgehead atoms. The molecule has 3 amide bonds. The van der Waals surface area contributed by atoms with E-state index in [0.29, 0.717) is 5.12 Å². The summed E-state index contributed by atoms with van der Waals surface area (Å²) >= 11 is 0. The predicted molar refractivity (Wildman–Crippen MR) is 24.8 cm³/mol. The normalized spacial score (nSPS) is 7.62. The number of hydrogen-bond acceptors (Lipinski definition) is 3. The average molecular weight is 118 g/mol. The molecule has 8 heavy (non-hydrogen) atoms. The molecule has 6 nitrogen and oxygen atoms in total. The maximum Gasteiger partial charge on any atom is 0.332 e. The number of urea groups is 1. The lowest BCUT2D eigenvalue weighted by Gasteiger charge is -2.06. The van der Waals surface area contributed by atoms with Crippen LogP contribution >= 0.6 is 0 Å². The Bertz CT molecular complexity index is 102. The van der Waals surface area contributed by atoms with Crippen LogP contribution in [-0.2, 0) is 4.79 Å². The maximum absolute atomic E-state index is 9.80. The molecule has 0 saturated heterocycles. The number of hydrogen-bond donors (Lipinski definition) is 3. The lowest BCUT2D eigenvalue weighted by atomic mass is 11.1. The Morgan fingerprint density at radius 2 is 2.25 bits per heavy atom. The van der Waals surface area contributed by atoms with Crippen LogP contribution in [0.3, 0.4) is 0 Å². The van der Waals surface area contributed by atoms with Gasteiger partial charge in [-0.05, 0) is 0 Å². The molecule has 0 aromatic carbocycles. The molecule has 0 unspecified atom stereocenters. The zero-order chi connectivity index (χ0) is 6.57. The third-order valence-electron chi connectivity index (χ3n) is 0.353. The molecule has 0 aliphatic carbocycles. The highest BCUT2D eigenvalue weighted by Gasteiger charge is 1.92. The fourth-order valence-corrected chi connectivity index (χ4v) is 0.154. The van der Waals surface area contributed by atoms with Crippen molar-refractivity contribution < 1.29 is 9.59 Å². The highest BCUT2D eigenvalue weighted by Crippen LogP contribution is 1.55. The Kier molecular flexibility index (Phi) is 2.35. The van der Waals surface area contributed by atoms with Gasteiger partial charge in [-0.1, -0.05) is 0 Å². The minimum absolute atomic E-state index is 0.213. The lowest BCUT2D eigenvalue weighted by Crippen LogP contribution is -2.48. The SMILES string of the molecule is NC(=O)NN(N)C=O. The number of amides is 3. The van der Waals surface area contributed by atoms with Crippen LogP contribution < -0.4 is 17.0 Å². The largest absolute Gasteiger partial charge is 0.350 e. The first kappa shape index (κ1) is 6.70. The van der Waals surface area contributed by atoms with Gasteiger partial charge < -0.3 is 5.73 Å². The monoisotopic (exact) mass is 118 g/mol. The molecule has 0 rings (SSSR count). The van der Waals surface area contributed by atoms with Crippen LogP contribution in [0.5, 0.6) is 0 Å². The summed E-state index contributed by atoms with van der Waals surface area (Å²) < 4.78 is 0. The summed E-state index contributed by atoms with van der Waals surface area (Å²) in [6.45, 7) is 0. The van der Waals surface area contributed by atoms with Gasteiger partial charge in [0.2, 0.25) is 6.41 Å². The maximum atomic E-state index is 9.80. The van der Waals surface area contributed by atoms with Crippen LogP contribution in [0.4, 0.5) is 4.79 Å². The fraction of sp³-hybridized carbons (Fsp3) is 0. The molecule has 0 atom stereocenters. The van der Waals surface area contributed by atoms with Gasteiger partial charge in [-0.2, -0.15) is 5.12 Å². The van der Waals surface area contributed by atoms with Crippen LogP contribution in [0.1, 0.15) is 0 Å². The predicted octanol–water partition coefficient (Wildman–Crippen LogP) is -2.10. The third kappa shape index (κ3) is 2.91. The van der Waals surface area contributed by atoms with Crippen LogP contribution in [0.25, 0.3) is 0 Å². The van der Waals surface area contributed by atoms with E-state index in [1.165, 1.54) is 0 Å². The van der Waals surface area contributed by atoms with E-state index in [4.69, 9.17) is 5.84 Å². The van der Waals surface area contributed by atoms with Gasteiger partial charge in [0, 0.05) is 0 Å². The zero-order valence-corrected chi connectivity index (χ0v) is 4.00. The minimum atomic E-state index is -0.875. The van der Waals surface area contributed by atoms with E-state index in [0.717, 1.165) is 0 Å². The van der Waals surface area contributed by atoms with Crippen molar-refractivity contribution in [1.29, 1.82) is 0 Å².